The Hall–Kier alpha value is -0.0900. The molecule has 0 saturated carbocycles. The quantitative estimate of drug-likeness (QED) is 0.580. The highest BCUT2D eigenvalue weighted by molar-refractivity contribution is 7.89. The van der Waals surface area contributed by atoms with E-state index in [4.69, 9.17) is 0 Å². The summed E-state index contributed by atoms with van der Waals surface area (Å²) >= 11 is 0. The van der Waals surface area contributed by atoms with Crippen molar-refractivity contribution in [2.75, 3.05) is 12.8 Å². The minimum atomic E-state index is -3.06. The van der Waals surface area contributed by atoms with Gasteiger partial charge in [0.15, 0.2) is 0 Å². The maximum Gasteiger partial charge on any atom is 0.227 e. The van der Waals surface area contributed by atoms with Gasteiger partial charge in [0.1, 0.15) is 0 Å². The number of nitrogens with zero attached hydrogens (tertiary/aromatic N) is 1. The van der Waals surface area contributed by atoms with Crippen molar-refractivity contribution in [2.24, 2.45) is 0 Å². The first-order valence-electron chi connectivity index (χ1n) is 2.96. The standard InChI is InChI=1S/C5H12NO2S/c1-3-4-5-9(7,8)6-2/h3-5H2,1-2H3. The van der Waals surface area contributed by atoms with Gasteiger partial charge in [0.05, 0.1) is 5.75 Å². The monoisotopic (exact) mass is 150 g/mol. The molecular weight excluding hydrogens is 138 g/mol. The molecule has 0 aliphatic heterocycles. The van der Waals surface area contributed by atoms with Crippen molar-refractivity contribution in [2.45, 2.75) is 19.8 Å². The molecular formula is C5H12NO2S. The maximum atomic E-state index is 10.6. The molecule has 9 heavy (non-hydrogen) atoms. The van der Waals surface area contributed by atoms with E-state index in [2.05, 4.69) is 4.72 Å². The summed E-state index contributed by atoms with van der Waals surface area (Å²) < 4.78 is 24.4. The Kier molecular flexibility index (Phi) is 3.81. The van der Waals surface area contributed by atoms with Crippen LogP contribution in [0.3, 0.4) is 0 Å². The SMILES string of the molecule is CCCCS(=O)(=O)[N]C. The fourth-order valence-electron chi connectivity index (χ4n) is 0.418. The van der Waals surface area contributed by atoms with Crippen LogP contribution in [0.15, 0.2) is 0 Å². The van der Waals surface area contributed by atoms with Crippen LogP contribution in [-0.2, 0) is 10.0 Å². The van der Waals surface area contributed by atoms with Gasteiger partial charge in [0, 0.05) is 7.05 Å². The van der Waals surface area contributed by atoms with Gasteiger partial charge in [-0.3, -0.25) is 0 Å². The van der Waals surface area contributed by atoms with Crippen LogP contribution in [0.4, 0.5) is 0 Å². The fourth-order valence-corrected chi connectivity index (χ4v) is 1.25. The molecule has 0 amide bonds. The van der Waals surface area contributed by atoms with E-state index in [0.29, 0.717) is 6.42 Å². The summed E-state index contributed by atoms with van der Waals surface area (Å²) in [6.45, 7) is 1.95. The van der Waals surface area contributed by atoms with E-state index < -0.39 is 10.0 Å². The van der Waals surface area contributed by atoms with Crippen molar-refractivity contribution in [3.63, 3.8) is 0 Å². The summed E-state index contributed by atoms with van der Waals surface area (Å²) in [5.41, 5.74) is 0. The Morgan fingerprint density at radius 1 is 1.44 bits per heavy atom. The summed E-state index contributed by atoms with van der Waals surface area (Å²) in [6.07, 6.45) is 1.61. The van der Waals surface area contributed by atoms with Crippen LogP contribution in [0, 0.1) is 0 Å². The van der Waals surface area contributed by atoms with Gasteiger partial charge in [-0.2, -0.15) is 0 Å². The van der Waals surface area contributed by atoms with Gasteiger partial charge in [-0.15, -0.1) is 4.72 Å². The first-order chi connectivity index (χ1) is 4.12. The molecule has 0 saturated heterocycles. The van der Waals surface area contributed by atoms with Gasteiger partial charge < -0.3 is 0 Å². The highest BCUT2D eigenvalue weighted by Crippen LogP contribution is 1.92. The second-order valence-electron chi connectivity index (χ2n) is 1.82. The van der Waals surface area contributed by atoms with Crippen molar-refractivity contribution in [3.05, 3.63) is 0 Å². The van der Waals surface area contributed by atoms with Crippen LogP contribution in [0.2, 0.25) is 0 Å². The first-order valence-corrected chi connectivity index (χ1v) is 4.57. The van der Waals surface area contributed by atoms with Crippen LogP contribution >= 0.6 is 0 Å². The van der Waals surface area contributed by atoms with E-state index in [1.807, 2.05) is 6.92 Å². The number of unbranched alkanes of at least 4 members (excludes halogenated alkanes) is 1. The normalized spacial score (nSPS) is 11.8. The van der Waals surface area contributed by atoms with Crippen LogP contribution in [0.5, 0.6) is 0 Å². The van der Waals surface area contributed by atoms with Gasteiger partial charge in [-0.25, -0.2) is 8.42 Å². The zero-order valence-corrected chi connectivity index (χ0v) is 6.61. The highest BCUT2D eigenvalue weighted by Gasteiger charge is 2.05. The summed E-state index contributed by atoms with van der Waals surface area (Å²) in [4.78, 5) is 0. The van der Waals surface area contributed by atoms with Crippen molar-refractivity contribution in [3.8, 4) is 0 Å². The fraction of sp³-hybridized carbons (Fsp3) is 1.00. The molecule has 0 atom stereocenters. The number of sulfonamides is 1. The minimum absolute atomic E-state index is 0.194. The molecule has 0 N–H and O–H groups in total. The van der Waals surface area contributed by atoms with E-state index in [9.17, 15) is 8.42 Å². The Bertz CT molecular complexity index is 150. The second-order valence-corrected chi connectivity index (χ2v) is 3.76. The summed E-state index contributed by atoms with van der Waals surface area (Å²) in [7, 11) is -1.75. The number of rotatable bonds is 4. The van der Waals surface area contributed by atoms with E-state index in [1.165, 1.54) is 7.05 Å². The Labute approximate surface area is 56.5 Å². The van der Waals surface area contributed by atoms with Crippen molar-refractivity contribution >= 4 is 10.0 Å². The summed E-state index contributed by atoms with van der Waals surface area (Å²) in [6, 6.07) is 0. The first kappa shape index (κ1) is 8.91. The average molecular weight is 150 g/mol. The number of hydrogen-bond acceptors (Lipinski definition) is 2. The lowest BCUT2D eigenvalue weighted by atomic mass is 10.4. The van der Waals surface area contributed by atoms with Crippen molar-refractivity contribution in [1.82, 2.24) is 4.72 Å². The van der Waals surface area contributed by atoms with Crippen LogP contribution in [0.25, 0.3) is 0 Å². The van der Waals surface area contributed by atoms with Gasteiger partial charge in [0.25, 0.3) is 0 Å². The van der Waals surface area contributed by atoms with E-state index in [1.54, 1.807) is 0 Å². The summed E-state index contributed by atoms with van der Waals surface area (Å²) in [5, 5.41) is 0. The number of hydrogen-bond donors (Lipinski definition) is 0. The molecule has 0 rings (SSSR count). The van der Waals surface area contributed by atoms with Crippen molar-refractivity contribution in [1.29, 1.82) is 0 Å². The molecule has 0 aromatic carbocycles. The lowest BCUT2D eigenvalue weighted by Gasteiger charge is -1.95. The molecule has 0 spiro atoms. The third-order valence-electron chi connectivity index (χ3n) is 1.03. The second kappa shape index (κ2) is 3.85. The molecule has 55 valence electrons. The molecule has 0 unspecified atom stereocenters. The molecule has 0 heterocycles. The molecule has 4 heteroatoms. The lowest BCUT2D eigenvalue weighted by molar-refractivity contribution is 0.584. The molecule has 0 aliphatic carbocycles. The third-order valence-corrected chi connectivity index (χ3v) is 2.39. The average Bonchev–Trinajstić information content (AvgIpc) is 1.84. The Morgan fingerprint density at radius 2 is 2.00 bits per heavy atom. The Balaban J connectivity index is 3.61. The van der Waals surface area contributed by atoms with E-state index >= 15 is 0 Å². The topological polar surface area (TPSA) is 48.2 Å². The van der Waals surface area contributed by atoms with Crippen LogP contribution in [-0.4, -0.2) is 21.2 Å². The molecule has 1 radical (unpaired) electrons. The largest absolute Gasteiger partial charge is 0.227 e. The van der Waals surface area contributed by atoms with E-state index in [-0.39, 0.29) is 5.75 Å². The predicted molar refractivity (Wildman–Crippen MR) is 36.8 cm³/mol. The van der Waals surface area contributed by atoms with Crippen LogP contribution < -0.4 is 4.72 Å². The van der Waals surface area contributed by atoms with Gasteiger partial charge in [-0.05, 0) is 6.42 Å². The molecule has 0 aromatic rings. The smallest absolute Gasteiger partial charge is 0.211 e. The van der Waals surface area contributed by atoms with Gasteiger partial charge in [0.2, 0.25) is 10.0 Å². The molecule has 0 aromatic heterocycles. The van der Waals surface area contributed by atoms with Gasteiger partial charge in [-0.1, -0.05) is 13.3 Å². The molecule has 0 aliphatic rings. The van der Waals surface area contributed by atoms with Gasteiger partial charge >= 0.3 is 0 Å². The van der Waals surface area contributed by atoms with Crippen molar-refractivity contribution < 1.29 is 8.42 Å². The van der Waals surface area contributed by atoms with Crippen LogP contribution in [0.1, 0.15) is 19.8 Å². The molecule has 0 bridgehead atoms. The molecule has 0 fully saturated rings. The highest BCUT2D eigenvalue weighted by atomic mass is 32.2. The zero-order chi connectivity index (χ0) is 7.33. The Morgan fingerprint density at radius 3 is 2.33 bits per heavy atom. The zero-order valence-electron chi connectivity index (χ0n) is 5.79. The lowest BCUT2D eigenvalue weighted by Crippen LogP contribution is -2.15. The molecule has 3 nitrogen and oxygen atoms in total. The maximum absolute atomic E-state index is 10.6. The third kappa shape index (κ3) is 4.42. The van der Waals surface area contributed by atoms with E-state index in [0.717, 1.165) is 6.42 Å². The minimum Gasteiger partial charge on any atom is -0.211 e. The predicted octanol–water partition coefficient (Wildman–Crippen LogP) is 0.351. The summed E-state index contributed by atoms with van der Waals surface area (Å²) in [5.74, 6) is 0.194.